The fourth-order valence-corrected chi connectivity index (χ4v) is 3.74. The molecule has 2 aromatic rings. The van der Waals surface area contributed by atoms with Crippen LogP contribution >= 0.6 is 11.8 Å². The van der Waals surface area contributed by atoms with E-state index in [-0.39, 0.29) is 18.4 Å². The van der Waals surface area contributed by atoms with E-state index < -0.39 is 0 Å². The van der Waals surface area contributed by atoms with E-state index in [0.717, 1.165) is 22.4 Å². The molecular weight excluding hydrogens is 346 g/mol. The van der Waals surface area contributed by atoms with Crippen molar-refractivity contribution in [2.75, 3.05) is 12.9 Å². The van der Waals surface area contributed by atoms with Gasteiger partial charge in [-0.3, -0.25) is 14.5 Å². The Labute approximate surface area is 157 Å². The van der Waals surface area contributed by atoms with Crippen LogP contribution in [0.4, 0.5) is 0 Å². The number of thioether (sulfide) groups is 1. The molecule has 134 valence electrons. The van der Waals surface area contributed by atoms with Crippen LogP contribution in [0.1, 0.15) is 23.6 Å². The summed E-state index contributed by atoms with van der Waals surface area (Å²) in [7, 11) is 1.60. The average Bonchev–Trinajstić information content (AvgIpc) is 2.88. The zero-order valence-electron chi connectivity index (χ0n) is 15.1. The number of hydrogen-bond acceptors (Lipinski definition) is 4. The molecule has 0 saturated heterocycles. The Morgan fingerprint density at radius 1 is 0.962 bits per heavy atom. The quantitative estimate of drug-likeness (QED) is 0.723. The summed E-state index contributed by atoms with van der Waals surface area (Å²) in [6.45, 7) is 4.27. The summed E-state index contributed by atoms with van der Waals surface area (Å²) in [4.78, 5) is 27.8. The lowest BCUT2D eigenvalue weighted by atomic mass is 10.1. The Bertz CT molecular complexity index is 854. The topological polar surface area (TPSA) is 46.6 Å². The highest BCUT2D eigenvalue weighted by Gasteiger charge is 2.38. The first-order chi connectivity index (χ1) is 12.5. The van der Waals surface area contributed by atoms with Crippen molar-refractivity contribution >= 4 is 29.1 Å². The second-order valence-corrected chi connectivity index (χ2v) is 7.32. The van der Waals surface area contributed by atoms with Crippen LogP contribution in [0.3, 0.4) is 0 Å². The van der Waals surface area contributed by atoms with Gasteiger partial charge in [0, 0.05) is 0 Å². The van der Waals surface area contributed by atoms with Crippen molar-refractivity contribution in [3.63, 3.8) is 0 Å². The summed E-state index contributed by atoms with van der Waals surface area (Å²) in [6, 6.07) is 15.1. The molecular formula is C21H21NO3S. The molecule has 3 rings (SSSR count). The van der Waals surface area contributed by atoms with E-state index in [1.807, 2.05) is 50.2 Å². The summed E-state index contributed by atoms with van der Waals surface area (Å²) in [6.07, 6.45) is 0. The predicted molar refractivity (Wildman–Crippen MR) is 105 cm³/mol. The minimum Gasteiger partial charge on any atom is -0.497 e. The SMILES string of the molecule is CCSC1=C(c2ccc(OC)cc2)C(=O)N(Cc2ccc(C)cc2)C1=O. The minimum absolute atomic E-state index is 0.215. The number of carbonyl (C=O) groups is 2. The van der Waals surface area contributed by atoms with Crippen molar-refractivity contribution in [1.29, 1.82) is 0 Å². The summed E-state index contributed by atoms with van der Waals surface area (Å²) in [5, 5.41) is 0. The highest BCUT2D eigenvalue weighted by Crippen LogP contribution is 2.37. The summed E-state index contributed by atoms with van der Waals surface area (Å²) < 4.78 is 5.18. The normalized spacial score (nSPS) is 14.3. The fourth-order valence-electron chi connectivity index (χ4n) is 2.86. The lowest BCUT2D eigenvalue weighted by Gasteiger charge is -2.15. The van der Waals surface area contributed by atoms with Crippen LogP contribution in [0.15, 0.2) is 53.4 Å². The Balaban J connectivity index is 1.93. The predicted octanol–water partition coefficient (Wildman–Crippen LogP) is 4.04. The Kier molecular flexibility index (Phi) is 5.47. The zero-order chi connectivity index (χ0) is 18.7. The van der Waals surface area contributed by atoms with Gasteiger partial charge < -0.3 is 4.74 Å². The molecule has 0 fully saturated rings. The maximum Gasteiger partial charge on any atom is 0.268 e. The molecule has 0 radical (unpaired) electrons. The molecule has 2 amide bonds. The molecule has 0 spiro atoms. The molecule has 0 aromatic heterocycles. The highest BCUT2D eigenvalue weighted by atomic mass is 32.2. The second-order valence-electron chi connectivity index (χ2n) is 6.05. The fraction of sp³-hybridized carbons (Fsp3) is 0.238. The van der Waals surface area contributed by atoms with Gasteiger partial charge in [-0.25, -0.2) is 0 Å². The first-order valence-electron chi connectivity index (χ1n) is 8.48. The van der Waals surface area contributed by atoms with Crippen LogP contribution in [0.5, 0.6) is 5.75 Å². The molecule has 0 aliphatic carbocycles. The van der Waals surface area contributed by atoms with Crippen LogP contribution in [0.25, 0.3) is 5.57 Å². The number of methoxy groups -OCH3 is 1. The molecule has 0 bridgehead atoms. The lowest BCUT2D eigenvalue weighted by molar-refractivity contribution is -0.137. The van der Waals surface area contributed by atoms with Gasteiger partial charge in [-0.05, 0) is 35.9 Å². The number of amides is 2. The smallest absolute Gasteiger partial charge is 0.268 e. The zero-order valence-corrected chi connectivity index (χ0v) is 15.9. The number of hydrogen-bond donors (Lipinski definition) is 0. The average molecular weight is 367 g/mol. The van der Waals surface area contributed by atoms with Crippen LogP contribution in [0.2, 0.25) is 0 Å². The van der Waals surface area contributed by atoms with Crippen LogP contribution in [-0.2, 0) is 16.1 Å². The van der Waals surface area contributed by atoms with Gasteiger partial charge in [0.2, 0.25) is 0 Å². The molecule has 1 heterocycles. The number of rotatable bonds is 6. The molecule has 0 saturated carbocycles. The number of imide groups is 1. The monoisotopic (exact) mass is 367 g/mol. The van der Waals surface area contributed by atoms with Gasteiger partial charge in [-0.15, -0.1) is 11.8 Å². The number of ether oxygens (including phenoxy) is 1. The molecule has 26 heavy (non-hydrogen) atoms. The van der Waals surface area contributed by atoms with Crippen molar-refractivity contribution in [2.45, 2.75) is 20.4 Å². The molecule has 1 aliphatic heterocycles. The van der Waals surface area contributed by atoms with Gasteiger partial charge in [0.1, 0.15) is 5.75 Å². The van der Waals surface area contributed by atoms with Gasteiger partial charge in [0.15, 0.2) is 0 Å². The van der Waals surface area contributed by atoms with E-state index in [0.29, 0.717) is 16.2 Å². The van der Waals surface area contributed by atoms with Crippen LogP contribution in [0, 0.1) is 6.92 Å². The van der Waals surface area contributed by atoms with E-state index in [9.17, 15) is 9.59 Å². The highest BCUT2D eigenvalue weighted by molar-refractivity contribution is 8.04. The summed E-state index contributed by atoms with van der Waals surface area (Å²) >= 11 is 1.42. The van der Waals surface area contributed by atoms with Gasteiger partial charge in [0.25, 0.3) is 11.8 Å². The molecule has 2 aromatic carbocycles. The van der Waals surface area contributed by atoms with E-state index in [2.05, 4.69) is 0 Å². The number of aryl methyl sites for hydroxylation is 1. The third-order valence-corrected chi connectivity index (χ3v) is 5.21. The Morgan fingerprint density at radius 2 is 1.62 bits per heavy atom. The van der Waals surface area contributed by atoms with Gasteiger partial charge in [-0.2, -0.15) is 0 Å². The Morgan fingerprint density at radius 3 is 2.19 bits per heavy atom. The number of carbonyl (C=O) groups excluding carboxylic acids is 2. The maximum absolute atomic E-state index is 13.0. The number of nitrogens with zero attached hydrogens (tertiary/aromatic N) is 1. The standard InChI is InChI=1S/C21H21NO3S/c1-4-26-19-18(16-9-11-17(25-3)12-10-16)20(23)22(21(19)24)13-15-7-5-14(2)6-8-15/h5-12H,4,13H2,1-3H3. The van der Waals surface area contributed by atoms with Crippen LogP contribution in [-0.4, -0.2) is 29.6 Å². The van der Waals surface area contributed by atoms with Crippen LogP contribution < -0.4 is 4.74 Å². The lowest BCUT2D eigenvalue weighted by Crippen LogP contribution is -2.30. The van der Waals surface area contributed by atoms with E-state index in [1.165, 1.54) is 16.7 Å². The van der Waals surface area contributed by atoms with Gasteiger partial charge in [-0.1, -0.05) is 48.9 Å². The van der Waals surface area contributed by atoms with E-state index in [1.54, 1.807) is 19.2 Å². The molecule has 0 unspecified atom stereocenters. The van der Waals surface area contributed by atoms with Crippen molar-refractivity contribution in [3.05, 3.63) is 70.1 Å². The summed E-state index contributed by atoms with van der Waals surface area (Å²) in [5.41, 5.74) is 3.31. The van der Waals surface area contributed by atoms with Gasteiger partial charge >= 0.3 is 0 Å². The Hall–Kier alpha value is -2.53. The largest absolute Gasteiger partial charge is 0.497 e. The van der Waals surface area contributed by atoms with Crippen molar-refractivity contribution in [1.82, 2.24) is 4.90 Å². The van der Waals surface area contributed by atoms with Crippen molar-refractivity contribution in [2.24, 2.45) is 0 Å². The molecule has 1 aliphatic rings. The molecule has 4 nitrogen and oxygen atoms in total. The molecule has 0 atom stereocenters. The van der Waals surface area contributed by atoms with Crippen molar-refractivity contribution < 1.29 is 14.3 Å². The van der Waals surface area contributed by atoms with E-state index >= 15 is 0 Å². The molecule has 0 N–H and O–H groups in total. The first kappa shape index (κ1) is 18.3. The third kappa shape index (κ3) is 3.53. The maximum atomic E-state index is 13.0. The van der Waals surface area contributed by atoms with Gasteiger partial charge in [0.05, 0.1) is 24.1 Å². The summed E-state index contributed by atoms with van der Waals surface area (Å²) in [5.74, 6) is 0.990. The number of benzene rings is 2. The first-order valence-corrected chi connectivity index (χ1v) is 9.47. The third-order valence-electron chi connectivity index (χ3n) is 4.25. The minimum atomic E-state index is -0.239. The van der Waals surface area contributed by atoms with E-state index in [4.69, 9.17) is 4.74 Å². The molecule has 5 heteroatoms. The second kappa shape index (κ2) is 7.79. The van der Waals surface area contributed by atoms with Crippen molar-refractivity contribution in [3.8, 4) is 5.75 Å².